The maximum Gasteiger partial charge on any atom is 0.243 e. The number of aromatic nitrogens is 1. The smallest absolute Gasteiger partial charge is 0.243 e. The molecule has 0 aliphatic heterocycles. The van der Waals surface area contributed by atoms with Gasteiger partial charge in [0.05, 0.1) is 12.8 Å². The molecule has 1 N–H and O–H groups in total. The van der Waals surface area contributed by atoms with Crippen LogP contribution in [-0.4, -0.2) is 53.3 Å². The van der Waals surface area contributed by atoms with Crippen LogP contribution in [0.4, 0.5) is 0 Å². The summed E-state index contributed by atoms with van der Waals surface area (Å²) in [6.07, 6.45) is 4.63. The molecule has 0 bridgehead atoms. The number of carbonyl (C=O) groups excluding carboxylic acids is 2. The fraction of sp³-hybridized carbons (Fsp3) is 0.219. The van der Waals surface area contributed by atoms with E-state index in [0.717, 1.165) is 32.8 Å². The Morgan fingerprint density at radius 3 is 2.00 bits per heavy atom. The summed E-state index contributed by atoms with van der Waals surface area (Å²) >= 11 is 6.10. The molecule has 218 valence electrons. The third kappa shape index (κ3) is 9.24. The van der Waals surface area contributed by atoms with Crippen molar-refractivity contribution in [3.8, 4) is 0 Å². The quantitative estimate of drug-likeness (QED) is 0.243. The number of rotatable bonds is 13. The van der Waals surface area contributed by atoms with Crippen molar-refractivity contribution in [1.29, 1.82) is 0 Å². The topological polar surface area (TPSA) is 99.7 Å². The molecule has 0 saturated carbocycles. The lowest BCUT2D eigenvalue weighted by Gasteiger charge is -2.33. The van der Waals surface area contributed by atoms with Gasteiger partial charge in [0, 0.05) is 43.5 Å². The van der Waals surface area contributed by atoms with Gasteiger partial charge in [-0.15, -0.1) is 0 Å². The fourth-order valence-electron chi connectivity index (χ4n) is 4.47. The van der Waals surface area contributed by atoms with Crippen LogP contribution in [0.15, 0.2) is 109 Å². The molecule has 3 aromatic carbocycles. The Bertz CT molecular complexity index is 1550. The molecule has 1 heterocycles. The lowest BCUT2D eigenvalue weighted by molar-refractivity contribution is -0.141. The second-order valence-corrected chi connectivity index (χ2v) is 12.4. The highest BCUT2D eigenvalue weighted by Gasteiger charge is 2.32. The van der Waals surface area contributed by atoms with Gasteiger partial charge in [-0.1, -0.05) is 90.5 Å². The van der Waals surface area contributed by atoms with Crippen LogP contribution in [0.2, 0.25) is 5.02 Å². The summed E-state index contributed by atoms with van der Waals surface area (Å²) in [6, 6.07) is 28.2. The maximum absolute atomic E-state index is 14.1. The molecular weight excluding hydrogens is 572 g/mol. The van der Waals surface area contributed by atoms with E-state index >= 15 is 0 Å². The average Bonchev–Trinajstić information content (AvgIpc) is 2.99. The number of hydrogen-bond donors (Lipinski definition) is 1. The Labute approximate surface area is 252 Å². The first-order valence-corrected chi connectivity index (χ1v) is 15.6. The fourth-order valence-corrected chi connectivity index (χ4v) is 5.32. The van der Waals surface area contributed by atoms with E-state index in [9.17, 15) is 18.0 Å². The standard InChI is InChI=1S/C32H33ClN4O4S/c1-42(40,41)36(22-26-11-6-3-7-12-26)24-31(38)37(23-27-14-16-29(33)17-15-27)30(19-25-9-4-2-5-10-25)32(39)35-21-28-13-8-18-34-20-28/h2-18,20,30H,19,21-24H2,1H3,(H,35,39)/t30-/m0/s1. The Morgan fingerprint density at radius 2 is 1.40 bits per heavy atom. The summed E-state index contributed by atoms with van der Waals surface area (Å²) in [5.41, 5.74) is 3.16. The van der Waals surface area contributed by atoms with E-state index in [1.807, 2.05) is 54.6 Å². The van der Waals surface area contributed by atoms with Crippen molar-refractivity contribution in [1.82, 2.24) is 19.5 Å². The number of halogens is 1. The van der Waals surface area contributed by atoms with Gasteiger partial charge in [0.15, 0.2) is 0 Å². The number of sulfonamides is 1. The van der Waals surface area contributed by atoms with Gasteiger partial charge in [-0.25, -0.2) is 8.42 Å². The predicted octanol–water partition coefficient (Wildman–Crippen LogP) is 4.45. The van der Waals surface area contributed by atoms with Gasteiger partial charge in [0.25, 0.3) is 0 Å². The number of nitrogens with zero attached hydrogens (tertiary/aromatic N) is 3. The van der Waals surface area contributed by atoms with Crippen molar-refractivity contribution < 1.29 is 18.0 Å². The van der Waals surface area contributed by atoms with Crippen LogP contribution >= 0.6 is 11.6 Å². The second-order valence-electron chi connectivity index (χ2n) is 9.95. The zero-order chi connectivity index (χ0) is 30.0. The summed E-state index contributed by atoms with van der Waals surface area (Å²) in [4.78, 5) is 33.4. The summed E-state index contributed by atoms with van der Waals surface area (Å²) in [5, 5.41) is 3.49. The molecule has 0 spiro atoms. The Balaban J connectivity index is 1.67. The number of pyridine rings is 1. The first kappa shape index (κ1) is 30.9. The molecular formula is C32H33ClN4O4S. The normalized spacial score (nSPS) is 12.1. The molecule has 0 unspecified atom stereocenters. The largest absolute Gasteiger partial charge is 0.350 e. The van der Waals surface area contributed by atoms with Crippen molar-refractivity contribution in [3.63, 3.8) is 0 Å². The Hall–Kier alpha value is -4.05. The lowest BCUT2D eigenvalue weighted by Crippen LogP contribution is -2.53. The summed E-state index contributed by atoms with van der Waals surface area (Å²) in [6.45, 7) is -0.0968. The zero-order valence-corrected chi connectivity index (χ0v) is 24.8. The van der Waals surface area contributed by atoms with Crippen LogP contribution in [-0.2, 0) is 45.7 Å². The number of nitrogens with one attached hydrogen (secondary N) is 1. The van der Waals surface area contributed by atoms with E-state index in [1.54, 1.807) is 54.9 Å². The van der Waals surface area contributed by atoms with Gasteiger partial charge in [-0.2, -0.15) is 4.31 Å². The second kappa shape index (κ2) is 14.7. The summed E-state index contributed by atoms with van der Waals surface area (Å²) < 4.78 is 26.7. The van der Waals surface area contributed by atoms with Gasteiger partial charge >= 0.3 is 0 Å². The van der Waals surface area contributed by atoms with Crippen LogP contribution in [0.5, 0.6) is 0 Å². The first-order chi connectivity index (χ1) is 20.2. The van der Waals surface area contributed by atoms with Gasteiger partial charge in [0.2, 0.25) is 21.8 Å². The Morgan fingerprint density at radius 1 is 0.810 bits per heavy atom. The molecule has 10 heteroatoms. The molecule has 2 amide bonds. The molecule has 0 saturated heterocycles. The number of amides is 2. The maximum atomic E-state index is 14.1. The lowest BCUT2D eigenvalue weighted by atomic mass is 10.0. The number of hydrogen-bond acceptors (Lipinski definition) is 5. The highest BCUT2D eigenvalue weighted by atomic mass is 35.5. The van der Waals surface area contributed by atoms with E-state index in [2.05, 4.69) is 10.3 Å². The molecule has 0 aliphatic carbocycles. The first-order valence-electron chi connectivity index (χ1n) is 13.4. The molecule has 1 atom stereocenters. The summed E-state index contributed by atoms with van der Waals surface area (Å²) in [7, 11) is -3.76. The SMILES string of the molecule is CS(=O)(=O)N(CC(=O)N(Cc1ccc(Cl)cc1)[C@@H](Cc1ccccc1)C(=O)NCc1cccnc1)Cc1ccccc1. The molecule has 8 nitrogen and oxygen atoms in total. The minimum absolute atomic E-state index is 0.0246. The van der Waals surface area contributed by atoms with Crippen LogP contribution < -0.4 is 5.32 Å². The molecule has 0 radical (unpaired) electrons. The molecule has 0 fully saturated rings. The van der Waals surface area contributed by atoms with E-state index in [-0.39, 0.29) is 32.0 Å². The number of benzene rings is 3. The third-order valence-corrected chi connectivity index (χ3v) is 8.16. The van der Waals surface area contributed by atoms with Crippen molar-refractivity contribution in [2.45, 2.75) is 32.1 Å². The third-order valence-electron chi connectivity index (χ3n) is 6.71. The molecule has 0 aliphatic rings. The van der Waals surface area contributed by atoms with Crippen LogP contribution in [0.1, 0.15) is 22.3 Å². The molecule has 42 heavy (non-hydrogen) atoms. The van der Waals surface area contributed by atoms with Crippen molar-refractivity contribution >= 4 is 33.4 Å². The molecule has 4 aromatic rings. The van der Waals surface area contributed by atoms with E-state index < -0.39 is 28.5 Å². The average molecular weight is 605 g/mol. The van der Waals surface area contributed by atoms with Gasteiger partial charge in [-0.05, 0) is 40.5 Å². The monoisotopic (exact) mass is 604 g/mol. The highest BCUT2D eigenvalue weighted by Crippen LogP contribution is 2.18. The van der Waals surface area contributed by atoms with Gasteiger partial charge in [0.1, 0.15) is 6.04 Å². The van der Waals surface area contributed by atoms with Gasteiger partial charge < -0.3 is 10.2 Å². The van der Waals surface area contributed by atoms with Crippen LogP contribution in [0.3, 0.4) is 0 Å². The van der Waals surface area contributed by atoms with Crippen molar-refractivity contribution in [2.24, 2.45) is 0 Å². The van der Waals surface area contributed by atoms with Crippen LogP contribution in [0.25, 0.3) is 0 Å². The highest BCUT2D eigenvalue weighted by molar-refractivity contribution is 7.88. The number of carbonyl (C=O) groups is 2. The van der Waals surface area contributed by atoms with E-state index in [1.165, 1.54) is 4.90 Å². The van der Waals surface area contributed by atoms with Crippen molar-refractivity contribution in [2.75, 3.05) is 12.8 Å². The molecule has 4 rings (SSSR count). The van der Waals surface area contributed by atoms with E-state index in [4.69, 9.17) is 11.6 Å². The Kier molecular flexibility index (Phi) is 10.8. The van der Waals surface area contributed by atoms with Gasteiger partial charge in [-0.3, -0.25) is 14.6 Å². The minimum atomic E-state index is -3.76. The predicted molar refractivity (Wildman–Crippen MR) is 164 cm³/mol. The minimum Gasteiger partial charge on any atom is -0.350 e. The van der Waals surface area contributed by atoms with Crippen LogP contribution in [0, 0.1) is 0 Å². The zero-order valence-electron chi connectivity index (χ0n) is 23.3. The van der Waals surface area contributed by atoms with E-state index in [0.29, 0.717) is 5.02 Å². The summed E-state index contributed by atoms with van der Waals surface area (Å²) in [5.74, 6) is -0.859. The van der Waals surface area contributed by atoms with Crippen molar-refractivity contribution in [3.05, 3.63) is 137 Å². The molecule has 1 aromatic heterocycles.